The van der Waals surface area contributed by atoms with Crippen molar-refractivity contribution in [2.45, 2.75) is 6.92 Å². The molecule has 2 heteroatoms. The number of benzene rings is 10. The number of aromatic nitrogens is 1. The molecule has 1 heterocycles. The van der Waals surface area contributed by atoms with Crippen LogP contribution in [0, 0.1) is 6.92 Å². The van der Waals surface area contributed by atoms with Gasteiger partial charge in [-0.05, 0) is 116 Å². The van der Waals surface area contributed by atoms with Crippen molar-refractivity contribution in [2.75, 3.05) is 4.90 Å². The molecule has 0 saturated heterocycles. The maximum absolute atomic E-state index is 2.47. The average molecular weight is 777 g/mol. The third kappa shape index (κ3) is 5.72. The Labute approximate surface area is 355 Å². The second kappa shape index (κ2) is 14.1. The zero-order chi connectivity index (χ0) is 40.4. The highest BCUT2D eigenvalue weighted by Crippen LogP contribution is 2.51. The molecule has 0 radical (unpaired) electrons. The molecule has 0 atom stereocenters. The van der Waals surface area contributed by atoms with Gasteiger partial charge >= 0.3 is 0 Å². The Morgan fingerprint density at radius 1 is 0.328 bits per heavy atom. The van der Waals surface area contributed by atoms with Gasteiger partial charge < -0.3 is 9.47 Å². The number of anilines is 3. The van der Waals surface area contributed by atoms with Gasteiger partial charge in [-0.3, -0.25) is 0 Å². The van der Waals surface area contributed by atoms with Crippen LogP contribution >= 0.6 is 0 Å². The summed E-state index contributed by atoms with van der Waals surface area (Å²) < 4.78 is 2.43. The fourth-order valence-corrected chi connectivity index (χ4v) is 9.76. The van der Waals surface area contributed by atoms with Gasteiger partial charge in [0.05, 0.1) is 16.7 Å². The molecule has 0 amide bonds. The van der Waals surface area contributed by atoms with Gasteiger partial charge in [0.15, 0.2) is 0 Å². The highest BCUT2D eigenvalue weighted by atomic mass is 15.1. The first-order chi connectivity index (χ1) is 30.2. The van der Waals surface area contributed by atoms with Crippen LogP contribution in [0.5, 0.6) is 0 Å². The molecule has 2 nitrogen and oxygen atoms in total. The molecule has 0 aliphatic heterocycles. The number of hydrogen-bond donors (Lipinski definition) is 0. The summed E-state index contributed by atoms with van der Waals surface area (Å²) in [6.45, 7) is 2.14. The van der Waals surface area contributed by atoms with Crippen LogP contribution in [0.1, 0.15) is 5.56 Å². The van der Waals surface area contributed by atoms with E-state index in [4.69, 9.17) is 0 Å². The fourth-order valence-electron chi connectivity index (χ4n) is 9.76. The molecule has 10 aromatic carbocycles. The normalized spacial score (nSPS) is 11.7. The first-order valence-corrected chi connectivity index (χ1v) is 21.1. The number of nitrogens with zero attached hydrogens (tertiary/aromatic N) is 2. The van der Waals surface area contributed by atoms with E-state index in [2.05, 4.69) is 241 Å². The molecule has 0 N–H and O–H groups in total. The first-order valence-electron chi connectivity index (χ1n) is 21.1. The average Bonchev–Trinajstić information content (AvgIpc) is 3.84. The lowest BCUT2D eigenvalue weighted by Crippen LogP contribution is -2.11. The minimum atomic E-state index is 1.09. The summed E-state index contributed by atoms with van der Waals surface area (Å²) in [5, 5.41) is 5.00. The predicted molar refractivity (Wildman–Crippen MR) is 258 cm³/mol. The van der Waals surface area contributed by atoms with Crippen molar-refractivity contribution in [1.82, 2.24) is 4.57 Å². The summed E-state index contributed by atoms with van der Waals surface area (Å²) in [5.41, 5.74) is 20.5. The lowest BCUT2D eigenvalue weighted by molar-refractivity contribution is 1.18. The lowest BCUT2D eigenvalue weighted by Gasteiger charge is -2.28. The SMILES string of the molecule is Cc1ccc(-c2ccc(-n3c4ccccc4c4ccc(N(c5cccc(-c6ccccc6-c6ccccc6)c5)c5ccc6c7c(cccc57)-c5ccccc5-6)cc43)cc2)cc1. The number of para-hydroxylation sites is 1. The van der Waals surface area contributed by atoms with E-state index in [1.165, 1.54) is 88.3 Å². The molecule has 0 unspecified atom stereocenters. The van der Waals surface area contributed by atoms with Crippen LogP contribution in [-0.2, 0) is 0 Å². The Morgan fingerprint density at radius 3 is 1.66 bits per heavy atom. The Morgan fingerprint density at radius 2 is 0.885 bits per heavy atom. The van der Waals surface area contributed by atoms with Gasteiger partial charge in [-0.25, -0.2) is 0 Å². The van der Waals surface area contributed by atoms with Crippen LogP contribution < -0.4 is 4.90 Å². The number of rotatable bonds is 7. The molecule has 0 fully saturated rings. The summed E-state index contributed by atoms with van der Waals surface area (Å²) >= 11 is 0. The third-order valence-electron chi connectivity index (χ3n) is 12.6. The van der Waals surface area contributed by atoms with E-state index in [1.807, 2.05) is 0 Å². The second-order valence-corrected chi connectivity index (χ2v) is 16.2. The quantitative estimate of drug-likeness (QED) is 0.156. The van der Waals surface area contributed by atoms with Crippen molar-refractivity contribution in [1.29, 1.82) is 0 Å². The molecule has 286 valence electrons. The van der Waals surface area contributed by atoms with E-state index >= 15 is 0 Å². The van der Waals surface area contributed by atoms with Gasteiger partial charge in [-0.1, -0.05) is 181 Å². The van der Waals surface area contributed by atoms with Crippen LogP contribution in [0.15, 0.2) is 224 Å². The van der Waals surface area contributed by atoms with Crippen molar-refractivity contribution in [3.8, 4) is 61.3 Å². The number of aryl methyl sites for hydroxylation is 1. The van der Waals surface area contributed by atoms with Crippen molar-refractivity contribution < 1.29 is 0 Å². The standard InChI is InChI=1S/C59H40N2/c1-39-25-27-40(28-26-39)41-29-31-44(32-30-41)61-56-24-10-9-21-51(56)52-34-33-46(38-58(52)61)60(57-36-35-54-50-20-8-7-19-49(50)53-22-12-23-55(57)59(53)54)45-16-11-15-43(37-45)48-18-6-5-17-47(48)42-13-3-2-4-14-42/h2-38H,1H3. The third-order valence-corrected chi connectivity index (χ3v) is 12.6. The Bertz CT molecular complexity index is 3440. The predicted octanol–water partition coefficient (Wildman–Crippen LogP) is 16.4. The van der Waals surface area contributed by atoms with E-state index < -0.39 is 0 Å². The van der Waals surface area contributed by atoms with Crippen molar-refractivity contribution in [2.24, 2.45) is 0 Å². The largest absolute Gasteiger partial charge is 0.310 e. The molecular weight excluding hydrogens is 737 g/mol. The van der Waals surface area contributed by atoms with Crippen molar-refractivity contribution in [3.05, 3.63) is 230 Å². The Balaban J connectivity index is 1.08. The van der Waals surface area contributed by atoms with Gasteiger partial charge in [-0.2, -0.15) is 0 Å². The number of fused-ring (bicyclic) bond motifs is 6. The summed E-state index contributed by atoms with van der Waals surface area (Å²) in [7, 11) is 0. The molecule has 1 aromatic heterocycles. The summed E-state index contributed by atoms with van der Waals surface area (Å²) in [4.78, 5) is 2.47. The van der Waals surface area contributed by atoms with E-state index in [0.717, 1.165) is 28.3 Å². The highest BCUT2D eigenvalue weighted by molar-refractivity contribution is 6.19. The molecule has 1 aliphatic carbocycles. The van der Waals surface area contributed by atoms with E-state index in [0.29, 0.717) is 0 Å². The van der Waals surface area contributed by atoms with Gasteiger partial charge in [0.1, 0.15) is 0 Å². The zero-order valence-electron chi connectivity index (χ0n) is 33.8. The van der Waals surface area contributed by atoms with Gasteiger partial charge in [0, 0.05) is 33.2 Å². The summed E-state index contributed by atoms with van der Waals surface area (Å²) in [5.74, 6) is 0. The minimum Gasteiger partial charge on any atom is -0.310 e. The Kier molecular flexibility index (Phi) is 8.11. The molecule has 0 spiro atoms. The monoisotopic (exact) mass is 776 g/mol. The molecular formula is C59H40N2. The first kappa shape index (κ1) is 35.0. The molecule has 11 aromatic rings. The molecule has 0 saturated carbocycles. The molecule has 12 rings (SSSR count). The summed E-state index contributed by atoms with van der Waals surface area (Å²) in [6, 6.07) is 82.5. The van der Waals surface area contributed by atoms with Gasteiger partial charge in [-0.15, -0.1) is 0 Å². The molecule has 61 heavy (non-hydrogen) atoms. The van der Waals surface area contributed by atoms with E-state index in [1.54, 1.807) is 0 Å². The molecule has 0 bridgehead atoms. The summed E-state index contributed by atoms with van der Waals surface area (Å²) in [6.07, 6.45) is 0. The lowest BCUT2D eigenvalue weighted by atomic mass is 9.94. The molecule has 1 aliphatic rings. The van der Waals surface area contributed by atoms with Gasteiger partial charge in [0.2, 0.25) is 0 Å². The van der Waals surface area contributed by atoms with Crippen LogP contribution in [0.25, 0.3) is 93.9 Å². The Hall–Kier alpha value is -7.94. The van der Waals surface area contributed by atoms with Crippen molar-refractivity contribution >= 4 is 49.6 Å². The fraction of sp³-hybridized carbons (Fsp3) is 0.0169. The highest BCUT2D eigenvalue weighted by Gasteiger charge is 2.26. The maximum atomic E-state index is 2.47. The van der Waals surface area contributed by atoms with Crippen LogP contribution in [0.4, 0.5) is 17.1 Å². The van der Waals surface area contributed by atoms with Gasteiger partial charge in [0.25, 0.3) is 0 Å². The van der Waals surface area contributed by atoms with E-state index in [9.17, 15) is 0 Å². The van der Waals surface area contributed by atoms with Crippen LogP contribution in [0.2, 0.25) is 0 Å². The maximum Gasteiger partial charge on any atom is 0.0561 e. The zero-order valence-corrected chi connectivity index (χ0v) is 33.8. The van der Waals surface area contributed by atoms with E-state index in [-0.39, 0.29) is 0 Å². The second-order valence-electron chi connectivity index (χ2n) is 16.2. The van der Waals surface area contributed by atoms with Crippen molar-refractivity contribution in [3.63, 3.8) is 0 Å². The topological polar surface area (TPSA) is 8.17 Å². The van der Waals surface area contributed by atoms with Crippen LogP contribution in [0.3, 0.4) is 0 Å². The van der Waals surface area contributed by atoms with Crippen LogP contribution in [-0.4, -0.2) is 4.57 Å². The smallest absolute Gasteiger partial charge is 0.0561 e. The minimum absolute atomic E-state index is 1.09. The number of hydrogen-bond acceptors (Lipinski definition) is 1.